The van der Waals surface area contributed by atoms with Crippen LogP contribution in [0.4, 0.5) is 0 Å². The molecule has 0 N–H and O–H groups in total. The van der Waals surface area contributed by atoms with E-state index in [1.54, 1.807) is 7.11 Å². The van der Waals surface area contributed by atoms with Gasteiger partial charge in [0, 0.05) is 10.9 Å². The molecule has 0 atom stereocenters. The Balaban J connectivity index is 2.31. The van der Waals surface area contributed by atoms with Gasteiger partial charge in [0.15, 0.2) is 5.78 Å². The fourth-order valence-electron chi connectivity index (χ4n) is 2.24. The van der Waals surface area contributed by atoms with Crippen LogP contribution in [-0.2, 0) is 6.42 Å². The molecule has 0 aliphatic rings. The summed E-state index contributed by atoms with van der Waals surface area (Å²) in [4.78, 5) is 12.6. The number of Topliss-reactive ketones (excluding diaryl/α,β-unsaturated/α-hetero) is 1. The van der Waals surface area contributed by atoms with Gasteiger partial charge in [-0.3, -0.25) is 4.79 Å². The Labute approximate surface area is 134 Å². The quantitative estimate of drug-likeness (QED) is 0.742. The molecule has 0 aromatic heterocycles. The van der Waals surface area contributed by atoms with Crippen molar-refractivity contribution in [1.29, 1.82) is 0 Å². The molecule has 2 aromatic rings. The van der Waals surface area contributed by atoms with Gasteiger partial charge in [-0.2, -0.15) is 0 Å². The average molecular weight is 347 g/mol. The lowest BCUT2D eigenvalue weighted by Gasteiger charge is -2.11. The van der Waals surface area contributed by atoms with Gasteiger partial charge in [0.2, 0.25) is 0 Å². The van der Waals surface area contributed by atoms with E-state index in [4.69, 9.17) is 4.74 Å². The van der Waals surface area contributed by atoms with Gasteiger partial charge in [-0.1, -0.05) is 34.1 Å². The van der Waals surface area contributed by atoms with Crippen LogP contribution in [0.25, 0.3) is 0 Å². The van der Waals surface area contributed by atoms with E-state index in [1.165, 1.54) is 11.1 Å². The first-order valence-electron chi connectivity index (χ1n) is 6.86. The summed E-state index contributed by atoms with van der Waals surface area (Å²) >= 11 is 3.48. The molecule has 0 aliphatic heterocycles. The number of ketones is 1. The van der Waals surface area contributed by atoms with E-state index in [9.17, 15) is 4.79 Å². The van der Waals surface area contributed by atoms with Crippen molar-refractivity contribution in [3.8, 4) is 5.75 Å². The van der Waals surface area contributed by atoms with Crippen LogP contribution in [0.1, 0.15) is 32.6 Å². The Hall–Kier alpha value is -1.61. The summed E-state index contributed by atoms with van der Waals surface area (Å²) in [6, 6.07) is 9.87. The number of methoxy groups -OCH3 is 1. The number of hydrogen-bond acceptors (Lipinski definition) is 2. The molecule has 0 amide bonds. The van der Waals surface area contributed by atoms with Crippen molar-refractivity contribution in [2.24, 2.45) is 0 Å². The van der Waals surface area contributed by atoms with E-state index in [2.05, 4.69) is 41.9 Å². The van der Waals surface area contributed by atoms with Crippen molar-refractivity contribution in [1.82, 2.24) is 0 Å². The van der Waals surface area contributed by atoms with Crippen LogP contribution >= 0.6 is 15.9 Å². The topological polar surface area (TPSA) is 26.3 Å². The Bertz CT molecular complexity index is 690. The molecule has 0 fully saturated rings. The fourth-order valence-corrected chi connectivity index (χ4v) is 2.58. The normalized spacial score (nSPS) is 10.5. The fraction of sp³-hybridized carbons (Fsp3) is 0.278. The Morgan fingerprint density at radius 2 is 1.76 bits per heavy atom. The highest BCUT2D eigenvalue weighted by Gasteiger charge is 2.15. The second-order valence-corrected chi connectivity index (χ2v) is 6.17. The lowest BCUT2D eigenvalue weighted by atomic mass is 9.98. The SMILES string of the molecule is COc1cc(C)c(Br)cc1C(=O)Cc1ccc(C)c(C)c1. The van der Waals surface area contributed by atoms with E-state index in [0.717, 1.165) is 15.6 Å². The van der Waals surface area contributed by atoms with Crippen LogP contribution in [-0.4, -0.2) is 12.9 Å². The van der Waals surface area contributed by atoms with E-state index in [-0.39, 0.29) is 5.78 Å². The maximum Gasteiger partial charge on any atom is 0.170 e. The summed E-state index contributed by atoms with van der Waals surface area (Å²) in [5, 5.41) is 0. The van der Waals surface area contributed by atoms with Crippen LogP contribution in [0.15, 0.2) is 34.8 Å². The predicted octanol–water partition coefficient (Wildman–Crippen LogP) is 4.81. The number of carbonyl (C=O) groups is 1. The monoisotopic (exact) mass is 346 g/mol. The summed E-state index contributed by atoms with van der Waals surface area (Å²) in [5.41, 5.74) is 5.14. The minimum Gasteiger partial charge on any atom is -0.496 e. The maximum atomic E-state index is 12.6. The van der Waals surface area contributed by atoms with Crippen molar-refractivity contribution in [2.75, 3.05) is 7.11 Å². The molecule has 3 heteroatoms. The molecular weight excluding hydrogens is 328 g/mol. The van der Waals surface area contributed by atoms with E-state index in [0.29, 0.717) is 17.7 Å². The second-order valence-electron chi connectivity index (χ2n) is 5.32. The van der Waals surface area contributed by atoms with Crippen LogP contribution in [0.3, 0.4) is 0 Å². The predicted molar refractivity (Wildman–Crippen MR) is 89.4 cm³/mol. The molecule has 0 aliphatic carbocycles. The molecule has 0 radical (unpaired) electrons. The van der Waals surface area contributed by atoms with Crippen molar-refractivity contribution in [3.05, 3.63) is 62.6 Å². The number of hydrogen-bond donors (Lipinski definition) is 0. The van der Waals surface area contributed by atoms with Gasteiger partial charge in [0.05, 0.1) is 12.7 Å². The largest absolute Gasteiger partial charge is 0.496 e. The molecule has 2 nitrogen and oxygen atoms in total. The number of carbonyl (C=O) groups excluding carboxylic acids is 1. The van der Waals surface area contributed by atoms with Crippen molar-refractivity contribution in [2.45, 2.75) is 27.2 Å². The van der Waals surface area contributed by atoms with Gasteiger partial charge >= 0.3 is 0 Å². The zero-order valence-electron chi connectivity index (χ0n) is 12.8. The molecule has 0 saturated carbocycles. The Morgan fingerprint density at radius 1 is 1.05 bits per heavy atom. The molecule has 110 valence electrons. The third-order valence-corrected chi connectivity index (χ3v) is 4.57. The summed E-state index contributed by atoms with van der Waals surface area (Å²) in [7, 11) is 1.59. The van der Waals surface area contributed by atoms with Crippen molar-refractivity contribution >= 4 is 21.7 Å². The second kappa shape index (κ2) is 6.44. The van der Waals surface area contributed by atoms with Gasteiger partial charge in [-0.05, 0) is 55.2 Å². The molecule has 0 spiro atoms. The number of benzene rings is 2. The summed E-state index contributed by atoms with van der Waals surface area (Å²) in [5.74, 6) is 0.695. The molecular formula is C18H19BrO2. The van der Waals surface area contributed by atoms with E-state index in [1.807, 2.05) is 25.1 Å². The van der Waals surface area contributed by atoms with E-state index >= 15 is 0 Å². The van der Waals surface area contributed by atoms with Crippen LogP contribution in [0, 0.1) is 20.8 Å². The summed E-state index contributed by atoms with van der Waals surface area (Å²) in [6.07, 6.45) is 0.382. The number of ether oxygens (including phenoxy) is 1. The smallest absolute Gasteiger partial charge is 0.170 e. The highest BCUT2D eigenvalue weighted by Crippen LogP contribution is 2.28. The zero-order chi connectivity index (χ0) is 15.6. The minimum absolute atomic E-state index is 0.0656. The van der Waals surface area contributed by atoms with Gasteiger partial charge in [-0.25, -0.2) is 0 Å². The number of aryl methyl sites for hydroxylation is 3. The van der Waals surface area contributed by atoms with Gasteiger partial charge in [0.25, 0.3) is 0 Å². The molecule has 21 heavy (non-hydrogen) atoms. The standard InChI is InChI=1S/C18H19BrO2/c1-11-5-6-14(7-12(11)2)9-17(20)15-10-16(19)13(3)8-18(15)21-4/h5-8,10H,9H2,1-4H3. The molecule has 0 saturated heterocycles. The third-order valence-electron chi connectivity index (χ3n) is 3.72. The van der Waals surface area contributed by atoms with Crippen molar-refractivity contribution in [3.63, 3.8) is 0 Å². The first-order chi connectivity index (χ1) is 9.92. The average Bonchev–Trinajstić information content (AvgIpc) is 2.45. The summed E-state index contributed by atoms with van der Waals surface area (Å²) in [6.45, 7) is 6.11. The molecule has 0 unspecified atom stereocenters. The lowest BCUT2D eigenvalue weighted by molar-refractivity contribution is 0.0990. The third kappa shape index (κ3) is 3.53. The Kier molecular flexibility index (Phi) is 4.84. The van der Waals surface area contributed by atoms with Crippen LogP contribution in [0.2, 0.25) is 0 Å². The molecule has 2 aromatic carbocycles. The van der Waals surface area contributed by atoms with E-state index < -0.39 is 0 Å². The van der Waals surface area contributed by atoms with Gasteiger partial charge < -0.3 is 4.74 Å². The Morgan fingerprint density at radius 3 is 2.38 bits per heavy atom. The highest BCUT2D eigenvalue weighted by molar-refractivity contribution is 9.10. The van der Waals surface area contributed by atoms with Gasteiger partial charge in [-0.15, -0.1) is 0 Å². The number of rotatable bonds is 4. The van der Waals surface area contributed by atoms with Crippen LogP contribution < -0.4 is 4.74 Å². The number of halogens is 1. The summed E-state index contributed by atoms with van der Waals surface area (Å²) < 4.78 is 6.26. The first-order valence-corrected chi connectivity index (χ1v) is 7.65. The molecule has 0 bridgehead atoms. The molecule has 2 rings (SSSR count). The van der Waals surface area contributed by atoms with Gasteiger partial charge in [0.1, 0.15) is 5.75 Å². The minimum atomic E-state index is 0.0656. The highest BCUT2D eigenvalue weighted by atomic mass is 79.9. The van der Waals surface area contributed by atoms with Crippen LogP contribution in [0.5, 0.6) is 5.75 Å². The first kappa shape index (κ1) is 15.8. The maximum absolute atomic E-state index is 12.6. The molecule has 0 heterocycles. The van der Waals surface area contributed by atoms with Crippen molar-refractivity contribution < 1.29 is 9.53 Å². The lowest BCUT2D eigenvalue weighted by Crippen LogP contribution is -2.07. The zero-order valence-corrected chi connectivity index (χ0v) is 14.4.